The summed E-state index contributed by atoms with van der Waals surface area (Å²) in [5, 5.41) is 6.00. The van der Waals surface area contributed by atoms with Gasteiger partial charge in [0.1, 0.15) is 5.70 Å². The maximum absolute atomic E-state index is 13.2. The van der Waals surface area contributed by atoms with E-state index >= 15 is 0 Å². The summed E-state index contributed by atoms with van der Waals surface area (Å²) in [7, 11) is 0. The second kappa shape index (κ2) is 8.89. The summed E-state index contributed by atoms with van der Waals surface area (Å²) in [5.74, 6) is -0.0283. The van der Waals surface area contributed by atoms with Crippen molar-refractivity contribution < 1.29 is 4.79 Å². The van der Waals surface area contributed by atoms with Crippen LogP contribution in [0.2, 0.25) is 10.0 Å². The van der Waals surface area contributed by atoms with Crippen LogP contribution in [0.1, 0.15) is 43.2 Å². The molecule has 1 aliphatic heterocycles. The second-order valence-electron chi connectivity index (χ2n) is 8.42. The van der Waals surface area contributed by atoms with Crippen LogP contribution in [0.25, 0.3) is 17.0 Å². The second-order valence-corrected chi connectivity index (χ2v) is 9.65. The summed E-state index contributed by atoms with van der Waals surface area (Å²) >= 11 is 18.0. The van der Waals surface area contributed by atoms with E-state index in [0.717, 1.165) is 47.7 Å². The first-order chi connectivity index (χ1) is 15.5. The van der Waals surface area contributed by atoms with Crippen molar-refractivity contribution >= 4 is 63.4 Å². The summed E-state index contributed by atoms with van der Waals surface area (Å²) in [4.78, 5) is 15.0. The summed E-state index contributed by atoms with van der Waals surface area (Å²) in [6.45, 7) is 0.605. The van der Waals surface area contributed by atoms with Gasteiger partial charge in [-0.1, -0.05) is 66.7 Å². The molecular formula is C25H23Cl2N3OS. The quantitative estimate of drug-likeness (QED) is 0.345. The van der Waals surface area contributed by atoms with Gasteiger partial charge in [0.25, 0.3) is 5.91 Å². The van der Waals surface area contributed by atoms with Crippen LogP contribution in [0.15, 0.2) is 54.4 Å². The van der Waals surface area contributed by atoms with Gasteiger partial charge in [0.2, 0.25) is 0 Å². The van der Waals surface area contributed by atoms with E-state index in [2.05, 4.69) is 28.2 Å². The van der Waals surface area contributed by atoms with Crippen molar-refractivity contribution in [1.29, 1.82) is 0 Å². The minimum atomic E-state index is -0.0283. The third-order valence-electron chi connectivity index (χ3n) is 6.32. The molecule has 0 atom stereocenters. The van der Waals surface area contributed by atoms with Gasteiger partial charge >= 0.3 is 0 Å². The molecule has 0 bridgehead atoms. The normalized spacial score (nSPS) is 18.7. The molecule has 1 aliphatic carbocycles. The molecule has 1 N–H and O–H groups in total. The fraction of sp³-hybridized carbons (Fsp3) is 0.280. The molecule has 5 rings (SSSR count). The van der Waals surface area contributed by atoms with Crippen molar-refractivity contribution in [3.05, 3.63) is 75.5 Å². The molecule has 7 heteroatoms. The van der Waals surface area contributed by atoms with E-state index in [4.69, 9.17) is 35.4 Å². The van der Waals surface area contributed by atoms with Gasteiger partial charge in [-0.3, -0.25) is 9.69 Å². The van der Waals surface area contributed by atoms with E-state index in [0.29, 0.717) is 27.4 Å². The number of hydrogen-bond acceptors (Lipinski definition) is 2. The molecule has 1 saturated carbocycles. The number of aromatic nitrogens is 1. The molecule has 32 heavy (non-hydrogen) atoms. The number of carbonyl (C=O) groups is 1. The van der Waals surface area contributed by atoms with Crippen molar-refractivity contribution in [2.45, 2.75) is 44.7 Å². The Morgan fingerprint density at radius 1 is 1.09 bits per heavy atom. The highest BCUT2D eigenvalue weighted by Crippen LogP contribution is 2.30. The first kappa shape index (κ1) is 21.5. The molecule has 2 heterocycles. The van der Waals surface area contributed by atoms with E-state index in [9.17, 15) is 4.79 Å². The van der Waals surface area contributed by atoms with E-state index in [1.54, 1.807) is 11.0 Å². The number of fused-ring (bicyclic) bond motifs is 1. The van der Waals surface area contributed by atoms with E-state index < -0.39 is 0 Å². The van der Waals surface area contributed by atoms with Crippen molar-refractivity contribution in [2.75, 3.05) is 0 Å². The molecule has 1 saturated heterocycles. The number of rotatable bonds is 4. The number of amides is 1. The third kappa shape index (κ3) is 4.05. The summed E-state index contributed by atoms with van der Waals surface area (Å²) in [5.41, 5.74) is 3.56. The number of carbonyl (C=O) groups excluding carboxylic acids is 1. The number of hydrogen-bond donors (Lipinski definition) is 1. The zero-order chi connectivity index (χ0) is 22.2. The predicted molar refractivity (Wildman–Crippen MR) is 135 cm³/mol. The standard InChI is InChI=1S/C25H23Cl2N3OS/c26-18-11-10-16(21(27)13-18)14-29-15-17(20-8-4-5-9-23(20)29)12-22-24(31)30(25(32)28-22)19-6-2-1-3-7-19/h4-5,8-13,15,19H,1-3,6-7,14H2,(H,28,32)/b22-12+. The number of nitrogens with one attached hydrogen (secondary N) is 1. The van der Waals surface area contributed by atoms with Gasteiger partial charge in [-0.05, 0) is 54.9 Å². The Balaban J connectivity index is 1.49. The van der Waals surface area contributed by atoms with E-state index in [1.165, 1.54) is 6.42 Å². The van der Waals surface area contributed by atoms with Crippen LogP contribution in [0.3, 0.4) is 0 Å². The maximum Gasteiger partial charge on any atom is 0.276 e. The molecule has 1 aromatic heterocycles. The predicted octanol–water partition coefficient (Wildman–Crippen LogP) is 6.39. The van der Waals surface area contributed by atoms with Gasteiger partial charge in [0, 0.05) is 45.3 Å². The molecule has 0 spiro atoms. The van der Waals surface area contributed by atoms with Crippen molar-refractivity contribution in [1.82, 2.24) is 14.8 Å². The Morgan fingerprint density at radius 2 is 1.88 bits per heavy atom. The Morgan fingerprint density at radius 3 is 2.66 bits per heavy atom. The van der Waals surface area contributed by atoms with Crippen LogP contribution in [0.4, 0.5) is 0 Å². The van der Waals surface area contributed by atoms with Crippen LogP contribution in [0.5, 0.6) is 0 Å². The van der Waals surface area contributed by atoms with Gasteiger partial charge in [0.15, 0.2) is 5.11 Å². The SMILES string of the molecule is O=C1/C(=C\c2cn(Cc3ccc(Cl)cc3Cl)c3ccccc23)NC(=S)N1C1CCCCC1. The molecule has 0 unspecified atom stereocenters. The highest BCUT2D eigenvalue weighted by Gasteiger charge is 2.36. The Hall–Kier alpha value is -2.34. The minimum absolute atomic E-state index is 0.0283. The van der Waals surface area contributed by atoms with Crippen LogP contribution >= 0.6 is 35.4 Å². The van der Waals surface area contributed by atoms with Crippen LogP contribution < -0.4 is 5.32 Å². The smallest absolute Gasteiger partial charge is 0.276 e. The highest BCUT2D eigenvalue weighted by atomic mass is 35.5. The van der Waals surface area contributed by atoms with Gasteiger partial charge in [-0.25, -0.2) is 0 Å². The van der Waals surface area contributed by atoms with Crippen molar-refractivity contribution in [3.63, 3.8) is 0 Å². The monoisotopic (exact) mass is 483 g/mol. The average Bonchev–Trinajstić information content (AvgIpc) is 3.27. The molecule has 2 fully saturated rings. The Kier molecular flexibility index (Phi) is 5.97. The zero-order valence-electron chi connectivity index (χ0n) is 17.5. The van der Waals surface area contributed by atoms with Gasteiger partial charge in [0.05, 0.1) is 0 Å². The fourth-order valence-electron chi connectivity index (χ4n) is 4.73. The van der Waals surface area contributed by atoms with Gasteiger partial charge < -0.3 is 9.88 Å². The van der Waals surface area contributed by atoms with Gasteiger partial charge in [-0.15, -0.1) is 0 Å². The molecule has 2 aliphatic rings. The summed E-state index contributed by atoms with van der Waals surface area (Å²) in [6, 6.07) is 13.9. The minimum Gasteiger partial charge on any atom is -0.342 e. The van der Waals surface area contributed by atoms with Crippen LogP contribution in [-0.4, -0.2) is 26.5 Å². The number of thiocarbonyl (C=S) groups is 1. The molecular weight excluding hydrogens is 461 g/mol. The maximum atomic E-state index is 13.2. The Bertz CT molecular complexity index is 1240. The number of para-hydroxylation sites is 1. The van der Waals surface area contributed by atoms with Crippen LogP contribution in [0, 0.1) is 0 Å². The largest absolute Gasteiger partial charge is 0.342 e. The molecule has 4 nitrogen and oxygen atoms in total. The number of halogens is 2. The lowest BCUT2D eigenvalue weighted by Gasteiger charge is -2.29. The summed E-state index contributed by atoms with van der Waals surface area (Å²) in [6.07, 6.45) is 9.54. The van der Waals surface area contributed by atoms with Crippen LogP contribution in [-0.2, 0) is 11.3 Å². The first-order valence-corrected chi connectivity index (χ1v) is 12.1. The lowest BCUT2D eigenvalue weighted by atomic mass is 9.94. The lowest BCUT2D eigenvalue weighted by Crippen LogP contribution is -2.41. The lowest BCUT2D eigenvalue weighted by molar-refractivity contribution is -0.124. The first-order valence-electron chi connectivity index (χ1n) is 10.9. The third-order valence-corrected chi connectivity index (χ3v) is 7.21. The zero-order valence-corrected chi connectivity index (χ0v) is 19.8. The molecule has 0 radical (unpaired) electrons. The van der Waals surface area contributed by atoms with Crippen molar-refractivity contribution in [2.24, 2.45) is 0 Å². The summed E-state index contributed by atoms with van der Waals surface area (Å²) < 4.78 is 2.15. The Labute approximate surface area is 202 Å². The van der Waals surface area contributed by atoms with Crippen molar-refractivity contribution in [3.8, 4) is 0 Å². The van der Waals surface area contributed by atoms with Gasteiger partial charge in [-0.2, -0.15) is 0 Å². The fourth-order valence-corrected chi connectivity index (χ4v) is 5.54. The topological polar surface area (TPSA) is 37.3 Å². The number of nitrogens with zero attached hydrogens (tertiary/aromatic N) is 2. The molecule has 3 aromatic rings. The van der Waals surface area contributed by atoms with E-state index in [-0.39, 0.29) is 11.9 Å². The highest BCUT2D eigenvalue weighted by molar-refractivity contribution is 7.80. The molecule has 2 aromatic carbocycles. The van der Waals surface area contributed by atoms with E-state index in [1.807, 2.05) is 30.3 Å². The molecule has 1 amide bonds. The number of benzene rings is 2. The average molecular weight is 484 g/mol. The molecule has 164 valence electrons.